The minimum atomic E-state index is -4.18. The first-order valence-electron chi connectivity index (χ1n) is 4.24. The molecule has 15 heavy (non-hydrogen) atoms. The van der Waals surface area contributed by atoms with E-state index < -0.39 is 27.8 Å². The van der Waals surface area contributed by atoms with Gasteiger partial charge in [-0.3, -0.25) is 4.55 Å². The number of aliphatic hydroxyl groups excluding tert-OH is 1. The van der Waals surface area contributed by atoms with Crippen LogP contribution in [-0.4, -0.2) is 29.9 Å². The van der Waals surface area contributed by atoms with Gasteiger partial charge in [0.1, 0.15) is 11.6 Å². The molecule has 6 heteroatoms. The number of aliphatic hydroxyl groups is 1. The SMILES string of the molecule is O=S(=O)(O)CC(O)Cc1ccc(F)cc1. The van der Waals surface area contributed by atoms with E-state index in [2.05, 4.69) is 0 Å². The van der Waals surface area contributed by atoms with Gasteiger partial charge in [-0.2, -0.15) is 8.42 Å². The van der Waals surface area contributed by atoms with Crippen molar-refractivity contribution in [3.63, 3.8) is 0 Å². The lowest BCUT2D eigenvalue weighted by Gasteiger charge is -2.08. The van der Waals surface area contributed by atoms with Crippen molar-refractivity contribution in [2.45, 2.75) is 12.5 Å². The highest BCUT2D eigenvalue weighted by Gasteiger charge is 2.14. The maximum atomic E-state index is 12.5. The van der Waals surface area contributed by atoms with Gasteiger partial charge in [0, 0.05) is 0 Å². The van der Waals surface area contributed by atoms with Crippen LogP contribution in [-0.2, 0) is 16.5 Å². The van der Waals surface area contributed by atoms with E-state index in [0.29, 0.717) is 5.56 Å². The molecule has 1 unspecified atom stereocenters. The summed E-state index contributed by atoms with van der Waals surface area (Å²) >= 11 is 0. The van der Waals surface area contributed by atoms with Crippen LogP contribution in [0.1, 0.15) is 5.56 Å². The van der Waals surface area contributed by atoms with Crippen molar-refractivity contribution in [2.24, 2.45) is 0 Å². The molecule has 0 aliphatic heterocycles. The molecule has 0 bridgehead atoms. The van der Waals surface area contributed by atoms with E-state index >= 15 is 0 Å². The predicted octanol–water partition coefficient (Wildman–Crippen LogP) is 0.617. The molecule has 0 spiro atoms. The fourth-order valence-corrected chi connectivity index (χ4v) is 1.80. The van der Waals surface area contributed by atoms with Crippen LogP contribution in [0.25, 0.3) is 0 Å². The van der Waals surface area contributed by atoms with Gasteiger partial charge < -0.3 is 5.11 Å². The Hall–Kier alpha value is -0.980. The first-order chi connectivity index (χ1) is 6.87. The normalized spacial score (nSPS) is 13.8. The molecule has 0 heterocycles. The topological polar surface area (TPSA) is 74.6 Å². The summed E-state index contributed by atoms with van der Waals surface area (Å²) < 4.78 is 41.8. The molecule has 4 nitrogen and oxygen atoms in total. The van der Waals surface area contributed by atoms with Crippen LogP contribution in [0.5, 0.6) is 0 Å². The average Bonchev–Trinajstić information content (AvgIpc) is 2.05. The fraction of sp³-hybridized carbons (Fsp3) is 0.333. The molecule has 0 fully saturated rings. The van der Waals surface area contributed by atoms with Gasteiger partial charge in [-0.05, 0) is 24.1 Å². The molecule has 1 atom stereocenters. The van der Waals surface area contributed by atoms with Crippen molar-refractivity contribution in [1.29, 1.82) is 0 Å². The molecular weight excluding hydrogens is 223 g/mol. The maximum Gasteiger partial charge on any atom is 0.267 e. The summed E-state index contributed by atoms with van der Waals surface area (Å²) in [6.07, 6.45) is -1.13. The third kappa shape index (κ3) is 4.87. The molecule has 1 aromatic rings. The molecule has 0 aliphatic rings. The molecule has 0 saturated heterocycles. The Morgan fingerprint density at radius 2 is 1.80 bits per heavy atom. The summed E-state index contributed by atoms with van der Waals surface area (Å²) in [5.74, 6) is -1.12. The van der Waals surface area contributed by atoms with Gasteiger partial charge in [-0.1, -0.05) is 12.1 Å². The Labute approximate surface area is 87.1 Å². The quantitative estimate of drug-likeness (QED) is 0.749. The van der Waals surface area contributed by atoms with Crippen LogP contribution in [0.4, 0.5) is 4.39 Å². The van der Waals surface area contributed by atoms with Gasteiger partial charge in [0.15, 0.2) is 0 Å². The molecule has 2 N–H and O–H groups in total. The van der Waals surface area contributed by atoms with Gasteiger partial charge >= 0.3 is 0 Å². The predicted molar refractivity (Wildman–Crippen MR) is 52.5 cm³/mol. The third-order valence-corrected chi connectivity index (χ3v) is 2.59. The first kappa shape index (κ1) is 12.1. The maximum absolute atomic E-state index is 12.5. The molecule has 0 saturated carbocycles. The monoisotopic (exact) mass is 234 g/mol. The van der Waals surface area contributed by atoms with Gasteiger partial charge in [0.25, 0.3) is 10.1 Å². The highest BCUT2D eigenvalue weighted by molar-refractivity contribution is 7.85. The van der Waals surface area contributed by atoms with Crippen LogP contribution in [0.15, 0.2) is 24.3 Å². The van der Waals surface area contributed by atoms with Crippen LogP contribution >= 0.6 is 0 Å². The van der Waals surface area contributed by atoms with Crippen molar-refractivity contribution in [2.75, 3.05) is 5.75 Å². The van der Waals surface area contributed by atoms with E-state index in [-0.39, 0.29) is 6.42 Å². The van der Waals surface area contributed by atoms with Crippen molar-refractivity contribution < 1.29 is 22.5 Å². The Balaban J connectivity index is 2.59. The number of rotatable bonds is 4. The van der Waals surface area contributed by atoms with Crippen LogP contribution < -0.4 is 0 Å². The van der Waals surface area contributed by atoms with Crippen molar-refractivity contribution in [3.05, 3.63) is 35.6 Å². The molecule has 1 aromatic carbocycles. The molecule has 84 valence electrons. The van der Waals surface area contributed by atoms with Crippen molar-refractivity contribution in [3.8, 4) is 0 Å². The molecule has 0 amide bonds. The highest BCUT2D eigenvalue weighted by Crippen LogP contribution is 2.06. The minimum Gasteiger partial charge on any atom is -0.392 e. The second-order valence-corrected chi connectivity index (χ2v) is 4.73. The first-order valence-corrected chi connectivity index (χ1v) is 5.85. The average molecular weight is 234 g/mol. The van der Waals surface area contributed by atoms with E-state index in [4.69, 9.17) is 4.55 Å². The summed E-state index contributed by atoms with van der Waals surface area (Å²) in [6, 6.07) is 5.33. The summed E-state index contributed by atoms with van der Waals surface area (Å²) in [6.45, 7) is 0. The zero-order valence-corrected chi connectivity index (χ0v) is 8.61. The number of halogens is 1. The van der Waals surface area contributed by atoms with Crippen LogP contribution in [0.2, 0.25) is 0 Å². The summed E-state index contributed by atoms with van der Waals surface area (Å²) in [5.41, 5.74) is 0.604. The minimum absolute atomic E-state index is 0.0556. The largest absolute Gasteiger partial charge is 0.392 e. The van der Waals surface area contributed by atoms with Gasteiger partial charge in [-0.15, -0.1) is 0 Å². The lowest BCUT2D eigenvalue weighted by Crippen LogP contribution is -2.22. The smallest absolute Gasteiger partial charge is 0.267 e. The Kier molecular flexibility index (Phi) is 3.78. The summed E-state index contributed by atoms with van der Waals surface area (Å²) in [4.78, 5) is 0. The number of hydrogen-bond donors (Lipinski definition) is 2. The standard InChI is InChI=1S/C9H11FO4S/c10-8-3-1-7(2-4-8)5-9(11)6-15(12,13)14/h1-4,9,11H,5-6H2,(H,12,13,14). The summed E-state index contributed by atoms with van der Waals surface area (Å²) in [7, 11) is -4.18. The van der Waals surface area contributed by atoms with Crippen molar-refractivity contribution in [1.82, 2.24) is 0 Å². The van der Waals surface area contributed by atoms with E-state index in [1.54, 1.807) is 0 Å². The zero-order valence-electron chi connectivity index (χ0n) is 7.80. The molecule has 0 radical (unpaired) electrons. The van der Waals surface area contributed by atoms with Crippen LogP contribution in [0.3, 0.4) is 0 Å². The Morgan fingerprint density at radius 1 is 1.27 bits per heavy atom. The Morgan fingerprint density at radius 3 is 2.27 bits per heavy atom. The van der Waals surface area contributed by atoms with E-state index in [1.165, 1.54) is 24.3 Å². The lowest BCUT2D eigenvalue weighted by molar-refractivity contribution is 0.195. The molecule has 0 aliphatic carbocycles. The molecule has 1 rings (SSSR count). The second-order valence-electron chi connectivity index (χ2n) is 3.23. The Bertz CT molecular complexity index is 412. The molecule has 0 aromatic heterocycles. The van der Waals surface area contributed by atoms with E-state index in [1.807, 2.05) is 0 Å². The number of hydrogen-bond acceptors (Lipinski definition) is 3. The van der Waals surface area contributed by atoms with Gasteiger partial charge in [-0.25, -0.2) is 4.39 Å². The van der Waals surface area contributed by atoms with Crippen LogP contribution in [0, 0.1) is 5.82 Å². The zero-order chi connectivity index (χ0) is 11.5. The third-order valence-electron chi connectivity index (χ3n) is 1.79. The van der Waals surface area contributed by atoms with E-state index in [9.17, 15) is 17.9 Å². The lowest BCUT2D eigenvalue weighted by atomic mass is 10.1. The number of benzene rings is 1. The molecular formula is C9H11FO4S. The second kappa shape index (κ2) is 4.69. The van der Waals surface area contributed by atoms with E-state index in [0.717, 1.165) is 0 Å². The summed E-state index contributed by atoms with van der Waals surface area (Å²) in [5, 5.41) is 9.27. The van der Waals surface area contributed by atoms with Gasteiger partial charge in [0.2, 0.25) is 0 Å². The fourth-order valence-electron chi connectivity index (χ4n) is 1.19. The van der Waals surface area contributed by atoms with Gasteiger partial charge in [0.05, 0.1) is 6.10 Å². The highest BCUT2D eigenvalue weighted by atomic mass is 32.2. The van der Waals surface area contributed by atoms with Crippen molar-refractivity contribution >= 4 is 10.1 Å².